The van der Waals surface area contributed by atoms with Gasteiger partial charge in [0.15, 0.2) is 0 Å². The molecule has 6 rings (SSSR count). The summed E-state index contributed by atoms with van der Waals surface area (Å²) < 4.78 is 47.3. The molecule has 1 heterocycles. The molecule has 5 aromatic carbocycles. The van der Waals surface area contributed by atoms with Gasteiger partial charge in [-0.25, -0.2) is 0 Å². The SMILES string of the molecule is COc1cc(OC)cc(C2CC(=O)CC(c3cc(OC)cc(OC)c3)P2c2c(-c3c(OC)cccc3OC)cccc2-c2c(OC)cccc2OC)c1. The Balaban J connectivity index is 1.80. The number of carbonyl (C=O) groups excluding carboxylic acids is 1. The van der Waals surface area contributed by atoms with E-state index in [1.54, 1.807) is 56.9 Å². The first-order valence-corrected chi connectivity index (χ1v) is 18.6. The molecule has 0 spiro atoms. The van der Waals surface area contributed by atoms with Crippen molar-refractivity contribution in [2.45, 2.75) is 24.2 Å². The maximum absolute atomic E-state index is 14.1. The van der Waals surface area contributed by atoms with Crippen LogP contribution < -0.4 is 43.2 Å². The molecule has 0 amide bonds. The van der Waals surface area contributed by atoms with Crippen molar-refractivity contribution in [2.75, 3.05) is 56.9 Å². The summed E-state index contributed by atoms with van der Waals surface area (Å²) in [5.74, 6) is 5.29. The van der Waals surface area contributed by atoms with Crippen LogP contribution in [0.1, 0.15) is 35.3 Å². The van der Waals surface area contributed by atoms with Crippen LogP contribution in [0.3, 0.4) is 0 Å². The van der Waals surface area contributed by atoms with E-state index in [2.05, 4.69) is 12.1 Å². The largest absolute Gasteiger partial charge is 0.497 e. The van der Waals surface area contributed by atoms with E-state index in [9.17, 15) is 4.79 Å². The van der Waals surface area contributed by atoms with Gasteiger partial charge in [-0.15, -0.1) is 0 Å². The average molecular weight is 737 g/mol. The van der Waals surface area contributed by atoms with E-state index in [0.29, 0.717) is 58.8 Å². The van der Waals surface area contributed by atoms with Crippen LogP contribution in [0, 0.1) is 0 Å². The van der Waals surface area contributed by atoms with Crippen LogP contribution in [-0.4, -0.2) is 62.7 Å². The smallest absolute Gasteiger partial charge is 0.134 e. The highest BCUT2D eigenvalue weighted by atomic mass is 31.1. The fraction of sp³-hybridized carbons (Fsp3) is 0.279. The molecule has 1 fully saturated rings. The summed E-state index contributed by atoms with van der Waals surface area (Å²) in [7, 11) is 11.8. The maximum atomic E-state index is 14.1. The van der Waals surface area contributed by atoms with Gasteiger partial charge in [0.2, 0.25) is 0 Å². The summed E-state index contributed by atoms with van der Waals surface area (Å²) in [5.41, 5.74) is 4.71. The molecule has 0 saturated carbocycles. The molecule has 9 nitrogen and oxygen atoms in total. The monoisotopic (exact) mass is 736 g/mol. The van der Waals surface area contributed by atoms with Crippen LogP contribution in [-0.2, 0) is 4.79 Å². The lowest BCUT2D eigenvalue weighted by Crippen LogP contribution is -2.26. The zero-order valence-corrected chi connectivity index (χ0v) is 32.2. The second-order valence-electron chi connectivity index (χ2n) is 12.5. The normalized spacial score (nSPS) is 16.8. The Bertz CT molecular complexity index is 1870. The highest BCUT2D eigenvalue weighted by molar-refractivity contribution is 7.67. The molecule has 276 valence electrons. The lowest BCUT2D eigenvalue weighted by molar-refractivity contribution is -0.119. The molecule has 1 aliphatic rings. The number of ketones is 1. The van der Waals surface area contributed by atoms with Crippen molar-refractivity contribution in [1.82, 2.24) is 0 Å². The van der Waals surface area contributed by atoms with Gasteiger partial charge in [0.05, 0.1) is 68.0 Å². The summed E-state index contributed by atoms with van der Waals surface area (Å²) in [6.07, 6.45) is 0.610. The molecule has 0 bridgehead atoms. The zero-order valence-electron chi connectivity index (χ0n) is 31.4. The molecule has 0 aliphatic carbocycles. The first-order chi connectivity index (χ1) is 25.8. The molecule has 5 aromatic rings. The van der Waals surface area contributed by atoms with Gasteiger partial charge in [-0.05, 0) is 76.1 Å². The van der Waals surface area contributed by atoms with Crippen molar-refractivity contribution in [1.29, 1.82) is 0 Å². The highest BCUT2D eigenvalue weighted by Crippen LogP contribution is 2.69. The summed E-state index contributed by atoms with van der Waals surface area (Å²) in [6.45, 7) is 0. The predicted molar refractivity (Wildman–Crippen MR) is 209 cm³/mol. The summed E-state index contributed by atoms with van der Waals surface area (Å²) >= 11 is 0. The van der Waals surface area contributed by atoms with Gasteiger partial charge >= 0.3 is 0 Å². The van der Waals surface area contributed by atoms with Gasteiger partial charge in [0, 0.05) is 36.3 Å². The minimum absolute atomic E-state index is 0.145. The van der Waals surface area contributed by atoms with E-state index in [1.807, 2.05) is 78.9 Å². The minimum Gasteiger partial charge on any atom is -0.497 e. The Morgan fingerprint density at radius 2 is 0.774 bits per heavy atom. The van der Waals surface area contributed by atoms with Crippen LogP contribution in [0.5, 0.6) is 46.0 Å². The van der Waals surface area contributed by atoms with Gasteiger partial charge in [0.25, 0.3) is 0 Å². The number of benzene rings is 5. The average Bonchev–Trinajstić information content (AvgIpc) is 3.21. The fourth-order valence-corrected chi connectivity index (χ4v) is 11.0. The number of carbonyl (C=O) groups is 1. The molecular formula is C43H45O9P. The summed E-state index contributed by atoms with van der Waals surface area (Å²) in [4.78, 5) is 14.1. The summed E-state index contributed by atoms with van der Waals surface area (Å²) in [6, 6.07) is 29.6. The number of Topliss-reactive ketones (excluding diaryl/α,β-unsaturated/α-hetero) is 1. The fourth-order valence-electron chi connectivity index (χ4n) is 7.30. The Morgan fingerprint density at radius 3 is 1.08 bits per heavy atom. The van der Waals surface area contributed by atoms with Crippen molar-refractivity contribution in [3.05, 3.63) is 102 Å². The Labute approximate surface area is 312 Å². The third-order valence-electron chi connectivity index (χ3n) is 9.72. The first-order valence-electron chi connectivity index (χ1n) is 17.1. The number of ether oxygens (including phenoxy) is 8. The van der Waals surface area contributed by atoms with Crippen molar-refractivity contribution < 1.29 is 42.7 Å². The van der Waals surface area contributed by atoms with Gasteiger partial charge in [-0.3, -0.25) is 4.79 Å². The van der Waals surface area contributed by atoms with Crippen LogP contribution in [0.25, 0.3) is 22.3 Å². The summed E-state index contributed by atoms with van der Waals surface area (Å²) in [5, 5.41) is 1.03. The Morgan fingerprint density at radius 1 is 0.453 bits per heavy atom. The number of hydrogen-bond acceptors (Lipinski definition) is 9. The minimum atomic E-state index is -1.37. The predicted octanol–water partition coefficient (Wildman–Crippen LogP) is 9.04. The lowest BCUT2D eigenvalue weighted by atomic mass is 9.96. The van der Waals surface area contributed by atoms with E-state index in [0.717, 1.165) is 38.7 Å². The molecule has 1 aliphatic heterocycles. The third-order valence-corrected chi connectivity index (χ3v) is 13.0. The molecule has 2 atom stereocenters. The molecule has 0 radical (unpaired) electrons. The molecule has 2 unspecified atom stereocenters. The standard InChI is InChI=1S/C43H45O9P/c1-45-29-18-26(19-30(24-29)46-2)39-22-28(44)23-40(27-20-31(47-3)25-32(21-27)48-4)53(39)43-33(41-35(49-5)14-10-15-36(41)50-6)12-9-13-34(43)42-37(51-7)16-11-17-38(42)52-8/h9-21,24-25,39-40H,22-23H2,1-8H3. The topological polar surface area (TPSA) is 90.9 Å². The Hall–Kier alpha value is -5.40. The van der Waals surface area contributed by atoms with Crippen molar-refractivity contribution in [3.8, 4) is 68.2 Å². The molecule has 1 saturated heterocycles. The van der Waals surface area contributed by atoms with E-state index >= 15 is 0 Å². The van der Waals surface area contributed by atoms with Crippen LogP contribution in [0.4, 0.5) is 0 Å². The number of methoxy groups -OCH3 is 8. The van der Waals surface area contributed by atoms with Gasteiger partial charge in [-0.1, -0.05) is 38.3 Å². The Kier molecular flexibility index (Phi) is 11.6. The van der Waals surface area contributed by atoms with E-state index < -0.39 is 7.92 Å². The van der Waals surface area contributed by atoms with Crippen molar-refractivity contribution in [2.24, 2.45) is 0 Å². The molecular weight excluding hydrogens is 691 g/mol. The maximum Gasteiger partial charge on any atom is 0.134 e. The second kappa shape index (κ2) is 16.5. The lowest BCUT2D eigenvalue weighted by Gasteiger charge is -2.41. The van der Waals surface area contributed by atoms with Crippen LogP contribution in [0.15, 0.2) is 91.0 Å². The highest BCUT2D eigenvalue weighted by Gasteiger charge is 2.43. The number of rotatable bonds is 13. The molecule has 53 heavy (non-hydrogen) atoms. The van der Waals surface area contributed by atoms with E-state index in [-0.39, 0.29) is 17.1 Å². The number of hydrogen-bond donors (Lipinski definition) is 0. The van der Waals surface area contributed by atoms with Gasteiger partial charge in [-0.2, -0.15) is 0 Å². The van der Waals surface area contributed by atoms with Gasteiger partial charge < -0.3 is 37.9 Å². The van der Waals surface area contributed by atoms with Gasteiger partial charge in [0.1, 0.15) is 51.8 Å². The molecule has 0 aromatic heterocycles. The van der Waals surface area contributed by atoms with Crippen LogP contribution in [0.2, 0.25) is 0 Å². The zero-order chi connectivity index (χ0) is 37.6. The van der Waals surface area contributed by atoms with Crippen LogP contribution >= 0.6 is 7.92 Å². The van der Waals surface area contributed by atoms with E-state index in [1.165, 1.54) is 0 Å². The first kappa shape index (κ1) is 37.4. The third kappa shape index (κ3) is 7.31. The van der Waals surface area contributed by atoms with Crippen molar-refractivity contribution >= 4 is 19.0 Å². The van der Waals surface area contributed by atoms with E-state index in [4.69, 9.17) is 37.9 Å². The quantitative estimate of drug-likeness (QED) is 0.110. The molecule has 0 N–H and O–H groups in total. The second-order valence-corrected chi connectivity index (χ2v) is 15.0. The molecule has 10 heteroatoms. The van der Waals surface area contributed by atoms with Crippen molar-refractivity contribution in [3.63, 3.8) is 0 Å².